The molecular formula is C22H14BrN3O4. The summed E-state index contributed by atoms with van der Waals surface area (Å²) in [5, 5.41) is 11.0. The van der Waals surface area contributed by atoms with E-state index in [1.807, 2.05) is 0 Å². The quantitative estimate of drug-likeness (QED) is 0.455. The summed E-state index contributed by atoms with van der Waals surface area (Å²) >= 11 is 3.26. The van der Waals surface area contributed by atoms with E-state index >= 15 is 0 Å². The Balaban J connectivity index is 1.74. The van der Waals surface area contributed by atoms with Gasteiger partial charge in [-0.1, -0.05) is 24.3 Å². The summed E-state index contributed by atoms with van der Waals surface area (Å²) in [7, 11) is 0. The summed E-state index contributed by atoms with van der Waals surface area (Å²) in [5.41, 5.74) is 3.96. The van der Waals surface area contributed by atoms with Crippen molar-refractivity contribution < 1.29 is 19.5 Å². The number of phenolic OH excluding ortho intramolecular Hbond substituents is 1. The number of pyridine rings is 1. The second kappa shape index (κ2) is 7.92. The Hall–Kier alpha value is -3.78. The molecule has 1 aromatic heterocycles. The maximum atomic E-state index is 13.0. The molecular weight excluding hydrogens is 450 g/mol. The molecule has 3 heterocycles. The van der Waals surface area contributed by atoms with Gasteiger partial charge in [0.05, 0.1) is 16.8 Å². The maximum Gasteiger partial charge on any atom is 0.277 e. The standard InChI is InChI=1S/C22H14BrN3O4/c23-16-9-15(11-24-12-16)21(29)25-26-18(13-5-7-14(8-6-13)22(26)30)10-20(28)17-3-1-2-4-19(17)27/h1-12,27H,(H,25,29)/b18-10+. The molecule has 0 spiro atoms. The number of rotatable bonds is 4. The van der Waals surface area contributed by atoms with Crippen LogP contribution in [0.4, 0.5) is 0 Å². The van der Waals surface area contributed by atoms with Crippen LogP contribution in [0, 0.1) is 0 Å². The number of para-hydroxylation sites is 1. The summed E-state index contributed by atoms with van der Waals surface area (Å²) in [6, 6.07) is 14.3. The van der Waals surface area contributed by atoms with Crippen molar-refractivity contribution in [1.29, 1.82) is 0 Å². The van der Waals surface area contributed by atoms with Gasteiger partial charge >= 0.3 is 0 Å². The molecule has 2 amide bonds. The number of halogens is 1. The summed E-state index contributed by atoms with van der Waals surface area (Å²) in [6.07, 6.45) is 4.11. The van der Waals surface area contributed by atoms with Gasteiger partial charge in [0.1, 0.15) is 5.75 Å². The fourth-order valence-corrected chi connectivity index (χ4v) is 3.36. The summed E-state index contributed by atoms with van der Waals surface area (Å²) in [4.78, 5) is 42.5. The lowest BCUT2D eigenvalue weighted by atomic mass is 10.1. The molecule has 7 nitrogen and oxygen atoms in total. The van der Waals surface area contributed by atoms with Gasteiger partial charge in [-0.15, -0.1) is 0 Å². The number of nitrogens with one attached hydrogen (secondary N) is 1. The number of hydrogen-bond acceptors (Lipinski definition) is 5. The molecule has 0 fully saturated rings. The third kappa shape index (κ3) is 3.72. The van der Waals surface area contributed by atoms with Gasteiger partial charge in [0.25, 0.3) is 11.8 Å². The van der Waals surface area contributed by atoms with Gasteiger partial charge in [0, 0.05) is 34.1 Å². The molecule has 30 heavy (non-hydrogen) atoms. The Morgan fingerprint density at radius 2 is 1.73 bits per heavy atom. The largest absolute Gasteiger partial charge is 0.507 e. The highest BCUT2D eigenvalue weighted by atomic mass is 79.9. The first-order chi connectivity index (χ1) is 14.4. The van der Waals surface area contributed by atoms with Crippen molar-refractivity contribution in [3.8, 4) is 5.75 Å². The maximum absolute atomic E-state index is 13.0. The molecule has 2 bridgehead atoms. The van der Waals surface area contributed by atoms with Gasteiger partial charge in [-0.3, -0.25) is 24.8 Å². The lowest BCUT2D eigenvalue weighted by molar-refractivity contribution is 0.0691. The Bertz CT molecular complexity index is 1210. The summed E-state index contributed by atoms with van der Waals surface area (Å²) in [6.45, 7) is 0. The van der Waals surface area contributed by atoms with Gasteiger partial charge < -0.3 is 5.11 Å². The number of amides is 2. The van der Waals surface area contributed by atoms with Gasteiger partial charge in [0.15, 0.2) is 5.78 Å². The molecule has 2 aromatic carbocycles. The molecule has 0 saturated heterocycles. The molecule has 8 heteroatoms. The second-order valence-electron chi connectivity index (χ2n) is 6.46. The van der Waals surface area contributed by atoms with Gasteiger partial charge in [-0.2, -0.15) is 0 Å². The van der Waals surface area contributed by atoms with Crippen LogP contribution in [0.2, 0.25) is 0 Å². The lowest BCUT2D eigenvalue weighted by Crippen LogP contribution is -2.44. The van der Waals surface area contributed by atoms with Crippen molar-refractivity contribution in [2.75, 3.05) is 0 Å². The van der Waals surface area contributed by atoms with E-state index in [2.05, 4.69) is 26.3 Å². The molecule has 2 N–H and O–H groups in total. The van der Waals surface area contributed by atoms with Crippen molar-refractivity contribution in [3.63, 3.8) is 0 Å². The van der Waals surface area contributed by atoms with Gasteiger partial charge in [-0.05, 0) is 46.3 Å². The number of nitrogens with zero attached hydrogens (tertiary/aromatic N) is 2. The number of phenols is 1. The van der Waals surface area contributed by atoms with E-state index in [0.29, 0.717) is 15.6 Å². The van der Waals surface area contributed by atoms with Crippen molar-refractivity contribution in [1.82, 2.24) is 15.4 Å². The summed E-state index contributed by atoms with van der Waals surface area (Å²) in [5.74, 6) is -1.75. The molecule has 0 aliphatic carbocycles. The van der Waals surface area contributed by atoms with Gasteiger partial charge in [-0.25, -0.2) is 5.01 Å². The zero-order valence-corrected chi connectivity index (χ0v) is 17.0. The third-order valence-electron chi connectivity index (χ3n) is 4.49. The molecule has 0 radical (unpaired) electrons. The number of benzene rings is 2. The van der Waals surface area contributed by atoms with Crippen LogP contribution >= 0.6 is 15.9 Å². The highest BCUT2D eigenvalue weighted by molar-refractivity contribution is 9.10. The minimum atomic E-state index is -0.569. The van der Waals surface area contributed by atoms with E-state index in [9.17, 15) is 19.5 Å². The molecule has 2 aliphatic rings. The minimum absolute atomic E-state index is 0.0833. The average molecular weight is 464 g/mol. The van der Waals surface area contributed by atoms with Crippen molar-refractivity contribution in [3.05, 3.63) is 99.8 Å². The number of carbonyl (C=O) groups is 3. The molecule has 148 valence electrons. The van der Waals surface area contributed by atoms with Crippen LogP contribution in [0.25, 0.3) is 5.70 Å². The zero-order valence-electron chi connectivity index (χ0n) is 15.4. The van der Waals surface area contributed by atoms with Crippen molar-refractivity contribution >= 4 is 39.2 Å². The van der Waals surface area contributed by atoms with E-state index in [-0.39, 0.29) is 22.6 Å². The molecule has 3 aromatic rings. The zero-order chi connectivity index (χ0) is 21.3. The Morgan fingerprint density at radius 1 is 1.03 bits per heavy atom. The second-order valence-corrected chi connectivity index (χ2v) is 7.38. The Kier molecular flexibility index (Phi) is 5.16. The third-order valence-corrected chi connectivity index (χ3v) is 4.92. The van der Waals surface area contributed by atoms with Crippen LogP contribution in [-0.2, 0) is 0 Å². The minimum Gasteiger partial charge on any atom is -0.507 e. The highest BCUT2D eigenvalue weighted by Crippen LogP contribution is 2.27. The van der Waals surface area contributed by atoms with Crippen LogP contribution in [0.3, 0.4) is 0 Å². The fourth-order valence-electron chi connectivity index (χ4n) is 3.00. The van der Waals surface area contributed by atoms with Crippen LogP contribution < -0.4 is 5.43 Å². The highest BCUT2D eigenvalue weighted by Gasteiger charge is 2.28. The van der Waals surface area contributed by atoms with Crippen molar-refractivity contribution in [2.24, 2.45) is 0 Å². The average Bonchev–Trinajstić information content (AvgIpc) is 2.93. The van der Waals surface area contributed by atoms with Crippen LogP contribution in [0.5, 0.6) is 5.75 Å². The molecule has 0 unspecified atom stereocenters. The summed E-state index contributed by atoms with van der Waals surface area (Å²) < 4.78 is 0.606. The van der Waals surface area contributed by atoms with E-state index in [1.54, 1.807) is 42.5 Å². The molecule has 0 atom stereocenters. The fraction of sp³-hybridized carbons (Fsp3) is 0. The Labute approximate surface area is 179 Å². The number of fused-ring (bicyclic) bond motifs is 4. The van der Waals surface area contributed by atoms with Crippen LogP contribution in [0.15, 0.2) is 77.5 Å². The number of hydrazine groups is 1. The predicted molar refractivity (Wildman–Crippen MR) is 112 cm³/mol. The molecule has 0 saturated carbocycles. The molecule has 5 rings (SSSR count). The molecule has 2 aliphatic heterocycles. The van der Waals surface area contributed by atoms with E-state index in [0.717, 1.165) is 5.01 Å². The van der Waals surface area contributed by atoms with Crippen LogP contribution in [-0.4, -0.2) is 32.7 Å². The SMILES string of the molecule is O=C(NN1C(=O)c2ccc(cc2)/C1=C\C(=O)c1ccccc1O)c1cncc(Br)c1. The number of ketones is 1. The Morgan fingerprint density at radius 3 is 2.43 bits per heavy atom. The first kappa shape index (κ1) is 19.5. The van der Waals surface area contributed by atoms with Gasteiger partial charge in [0.2, 0.25) is 0 Å². The van der Waals surface area contributed by atoms with Crippen molar-refractivity contribution in [2.45, 2.75) is 0 Å². The normalized spacial score (nSPS) is 14.0. The van der Waals surface area contributed by atoms with E-state index < -0.39 is 17.6 Å². The number of aromatic nitrogens is 1. The van der Waals surface area contributed by atoms with E-state index in [1.165, 1.54) is 30.6 Å². The lowest BCUT2D eigenvalue weighted by Gasteiger charge is -2.23. The number of carbonyl (C=O) groups excluding carboxylic acids is 3. The first-order valence-corrected chi connectivity index (χ1v) is 9.64. The number of aromatic hydroxyl groups is 1. The number of allylic oxidation sites excluding steroid dienone is 1. The topological polar surface area (TPSA) is 99.6 Å². The van der Waals surface area contributed by atoms with E-state index in [4.69, 9.17) is 0 Å². The first-order valence-electron chi connectivity index (χ1n) is 8.84. The monoisotopic (exact) mass is 463 g/mol. The number of hydrogen-bond donors (Lipinski definition) is 2. The smallest absolute Gasteiger partial charge is 0.277 e. The predicted octanol–water partition coefficient (Wildman–Crippen LogP) is 3.57. The van der Waals surface area contributed by atoms with Crippen LogP contribution in [0.1, 0.15) is 36.6 Å².